The molecular formula is C18H20ClNO3S. The van der Waals surface area contributed by atoms with E-state index in [0.717, 1.165) is 11.1 Å². The Hall–Kier alpha value is -1.40. The fourth-order valence-corrected chi connectivity index (χ4v) is 6.07. The third-order valence-corrected chi connectivity index (χ3v) is 7.56. The Labute approximate surface area is 147 Å². The van der Waals surface area contributed by atoms with Crippen molar-refractivity contribution in [3.05, 3.63) is 64.7 Å². The SMILES string of the molecule is Cc1ccc([C@@H]2[C@@H](S(=O)(=O)c3ccc(Cl)cc3)[C@]2(CN)CO)cc1. The largest absolute Gasteiger partial charge is 0.396 e. The number of sulfone groups is 1. The van der Waals surface area contributed by atoms with Crippen LogP contribution in [0.15, 0.2) is 53.4 Å². The first-order valence-corrected chi connectivity index (χ1v) is 9.66. The number of hydrogen-bond acceptors (Lipinski definition) is 4. The van der Waals surface area contributed by atoms with Crippen LogP contribution < -0.4 is 5.73 Å². The highest BCUT2D eigenvalue weighted by atomic mass is 35.5. The van der Waals surface area contributed by atoms with Crippen LogP contribution in [0.5, 0.6) is 0 Å². The predicted octanol–water partition coefficient (Wildman–Crippen LogP) is 2.53. The normalized spacial score (nSPS) is 26.3. The highest BCUT2D eigenvalue weighted by Gasteiger charge is 2.70. The van der Waals surface area contributed by atoms with Crippen molar-refractivity contribution < 1.29 is 13.5 Å². The summed E-state index contributed by atoms with van der Waals surface area (Å²) >= 11 is 5.85. The number of rotatable bonds is 5. The van der Waals surface area contributed by atoms with Gasteiger partial charge >= 0.3 is 0 Å². The van der Waals surface area contributed by atoms with Crippen LogP contribution in [0.3, 0.4) is 0 Å². The summed E-state index contributed by atoms with van der Waals surface area (Å²) in [6.45, 7) is 1.82. The molecule has 0 aliphatic heterocycles. The molecule has 1 fully saturated rings. The van der Waals surface area contributed by atoms with Crippen LogP contribution in [0.25, 0.3) is 0 Å². The summed E-state index contributed by atoms with van der Waals surface area (Å²) in [5.74, 6) is -0.311. The monoisotopic (exact) mass is 365 g/mol. The molecule has 0 amide bonds. The van der Waals surface area contributed by atoms with Crippen molar-refractivity contribution in [2.75, 3.05) is 13.2 Å². The Morgan fingerprint density at radius 2 is 1.71 bits per heavy atom. The molecule has 1 saturated carbocycles. The molecular weight excluding hydrogens is 346 g/mol. The van der Waals surface area contributed by atoms with Gasteiger partial charge in [-0.25, -0.2) is 8.42 Å². The first kappa shape index (κ1) is 17.4. The molecule has 0 heterocycles. The molecule has 3 rings (SSSR count). The van der Waals surface area contributed by atoms with Crippen molar-refractivity contribution in [1.29, 1.82) is 0 Å². The minimum Gasteiger partial charge on any atom is -0.396 e. The van der Waals surface area contributed by atoms with Crippen molar-refractivity contribution in [2.24, 2.45) is 11.1 Å². The van der Waals surface area contributed by atoms with E-state index in [4.69, 9.17) is 17.3 Å². The number of benzene rings is 2. The standard InChI is InChI=1S/C18H20ClNO3S/c1-12-2-4-13(5-3-12)16-17(18(16,10-20)11-21)24(22,23)15-8-6-14(19)7-9-15/h2-9,16-17,21H,10-11,20H2,1H3/t16-,17-,18-/m1/s1. The molecule has 128 valence electrons. The van der Waals surface area contributed by atoms with E-state index in [1.165, 1.54) is 12.1 Å². The predicted molar refractivity (Wildman–Crippen MR) is 94.9 cm³/mol. The summed E-state index contributed by atoms with van der Waals surface area (Å²) in [6, 6.07) is 13.8. The smallest absolute Gasteiger partial charge is 0.182 e. The number of aliphatic hydroxyl groups is 1. The van der Waals surface area contributed by atoms with E-state index in [2.05, 4.69) is 0 Å². The Morgan fingerprint density at radius 3 is 2.21 bits per heavy atom. The molecule has 1 aliphatic rings. The molecule has 3 atom stereocenters. The van der Waals surface area contributed by atoms with Gasteiger partial charge in [0.1, 0.15) is 0 Å². The zero-order valence-electron chi connectivity index (χ0n) is 13.3. The maximum atomic E-state index is 13.1. The van der Waals surface area contributed by atoms with Gasteiger partial charge in [0.15, 0.2) is 9.84 Å². The summed E-state index contributed by atoms with van der Waals surface area (Å²) in [4.78, 5) is 0.206. The Morgan fingerprint density at radius 1 is 1.12 bits per heavy atom. The lowest BCUT2D eigenvalue weighted by Gasteiger charge is -2.12. The zero-order chi connectivity index (χ0) is 17.5. The molecule has 0 radical (unpaired) electrons. The van der Waals surface area contributed by atoms with E-state index in [-0.39, 0.29) is 24.0 Å². The fourth-order valence-electron chi connectivity index (χ4n) is 3.49. The molecule has 24 heavy (non-hydrogen) atoms. The molecule has 0 spiro atoms. The second-order valence-electron chi connectivity index (χ2n) is 6.40. The van der Waals surface area contributed by atoms with E-state index in [9.17, 15) is 13.5 Å². The van der Waals surface area contributed by atoms with Gasteiger partial charge in [0, 0.05) is 22.9 Å². The lowest BCUT2D eigenvalue weighted by molar-refractivity contribution is 0.212. The quantitative estimate of drug-likeness (QED) is 0.853. The third-order valence-electron chi connectivity index (χ3n) is 4.97. The van der Waals surface area contributed by atoms with Crippen LogP contribution in [0.4, 0.5) is 0 Å². The van der Waals surface area contributed by atoms with Crippen molar-refractivity contribution in [3.63, 3.8) is 0 Å². The minimum atomic E-state index is -3.62. The Balaban J connectivity index is 2.04. The Bertz CT molecular complexity index is 828. The van der Waals surface area contributed by atoms with E-state index in [1.54, 1.807) is 12.1 Å². The molecule has 2 aromatic rings. The molecule has 3 N–H and O–H groups in total. The average Bonchev–Trinajstić information content (AvgIpc) is 3.26. The van der Waals surface area contributed by atoms with Crippen molar-refractivity contribution in [3.8, 4) is 0 Å². The third kappa shape index (κ3) is 2.65. The fraction of sp³-hybridized carbons (Fsp3) is 0.333. The van der Waals surface area contributed by atoms with Crippen molar-refractivity contribution in [1.82, 2.24) is 0 Å². The maximum Gasteiger partial charge on any atom is 0.182 e. The zero-order valence-corrected chi connectivity index (χ0v) is 14.9. The highest BCUT2D eigenvalue weighted by molar-refractivity contribution is 7.92. The summed E-state index contributed by atoms with van der Waals surface area (Å²) < 4.78 is 26.2. The van der Waals surface area contributed by atoms with Gasteiger partial charge in [-0.1, -0.05) is 41.4 Å². The lowest BCUT2D eigenvalue weighted by atomic mass is 9.99. The lowest BCUT2D eigenvalue weighted by Crippen LogP contribution is -2.27. The molecule has 0 saturated heterocycles. The molecule has 0 bridgehead atoms. The number of aryl methyl sites for hydroxylation is 1. The van der Waals surface area contributed by atoms with E-state index in [0.29, 0.717) is 5.02 Å². The van der Waals surface area contributed by atoms with Gasteiger partial charge in [0.05, 0.1) is 16.8 Å². The van der Waals surface area contributed by atoms with Crippen LogP contribution in [0.1, 0.15) is 17.0 Å². The van der Waals surface area contributed by atoms with Crippen LogP contribution in [0.2, 0.25) is 5.02 Å². The van der Waals surface area contributed by atoms with Crippen LogP contribution in [0, 0.1) is 12.3 Å². The van der Waals surface area contributed by atoms with Crippen LogP contribution >= 0.6 is 11.6 Å². The molecule has 1 aliphatic carbocycles. The number of aliphatic hydroxyl groups excluding tert-OH is 1. The molecule has 2 aromatic carbocycles. The van der Waals surface area contributed by atoms with Gasteiger partial charge in [-0.2, -0.15) is 0 Å². The van der Waals surface area contributed by atoms with Gasteiger partial charge in [-0.05, 0) is 36.8 Å². The Kier molecular flexibility index (Phi) is 4.47. The summed E-state index contributed by atoms with van der Waals surface area (Å²) in [5, 5.41) is 9.65. The minimum absolute atomic E-state index is 0.111. The van der Waals surface area contributed by atoms with Crippen molar-refractivity contribution >= 4 is 21.4 Å². The second kappa shape index (κ2) is 6.15. The summed E-state index contributed by atoms with van der Waals surface area (Å²) in [5.41, 5.74) is 7.03. The van der Waals surface area contributed by atoms with E-state index in [1.807, 2.05) is 31.2 Å². The topological polar surface area (TPSA) is 80.4 Å². The summed E-state index contributed by atoms with van der Waals surface area (Å²) in [6.07, 6.45) is 0. The van der Waals surface area contributed by atoms with Gasteiger partial charge in [0.25, 0.3) is 0 Å². The number of halogens is 1. The van der Waals surface area contributed by atoms with E-state index >= 15 is 0 Å². The van der Waals surface area contributed by atoms with Gasteiger partial charge < -0.3 is 10.8 Å². The van der Waals surface area contributed by atoms with E-state index < -0.39 is 20.5 Å². The molecule has 0 aromatic heterocycles. The van der Waals surface area contributed by atoms with Crippen LogP contribution in [-0.4, -0.2) is 31.9 Å². The molecule has 4 nitrogen and oxygen atoms in total. The van der Waals surface area contributed by atoms with Crippen LogP contribution in [-0.2, 0) is 9.84 Å². The van der Waals surface area contributed by atoms with Gasteiger partial charge in [0.2, 0.25) is 0 Å². The maximum absolute atomic E-state index is 13.1. The van der Waals surface area contributed by atoms with Gasteiger partial charge in [-0.3, -0.25) is 0 Å². The highest BCUT2D eigenvalue weighted by Crippen LogP contribution is 2.63. The molecule has 0 unspecified atom stereocenters. The first-order chi connectivity index (χ1) is 11.4. The average molecular weight is 366 g/mol. The molecule has 6 heteroatoms. The van der Waals surface area contributed by atoms with Crippen molar-refractivity contribution in [2.45, 2.75) is 23.0 Å². The number of hydrogen-bond donors (Lipinski definition) is 2. The summed E-state index contributed by atoms with van der Waals surface area (Å²) in [7, 11) is -3.62. The first-order valence-electron chi connectivity index (χ1n) is 7.74. The number of nitrogens with two attached hydrogens (primary N) is 1. The van der Waals surface area contributed by atoms with Gasteiger partial charge in [-0.15, -0.1) is 0 Å². The second-order valence-corrected chi connectivity index (χ2v) is 8.91.